The van der Waals surface area contributed by atoms with Crippen molar-refractivity contribution in [2.75, 3.05) is 29.9 Å². The Morgan fingerprint density at radius 3 is 2.77 bits per heavy atom. The van der Waals surface area contributed by atoms with Crippen molar-refractivity contribution in [3.63, 3.8) is 0 Å². The number of benzene rings is 1. The number of nitrogens with one attached hydrogen (secondary N) is 1. The fourth-order valence-electron chi connectivity index (χ4n) is 2.65. The van der Waals surface area contributed by atoms with Crippen molar-refractivity contribution < 1.29 is 4.79 Å². The van der Waals surface area contributed by atoms with E-state index in [0.29, 0.717) is 0 Å². The van der Waals surface area contributed by atoms with Crippen LogP contribution >= 0.6 is 11.8 Å². The van der Waals surface area contributed by atoms with Crippen molar-refractivity contribution in [1.29, 1.82) is 0 Å². The van der Waals surface area contributed by atoms with E-state index in [4.69, 9.17) is 5.73 Å². The van der Waals surface area contributed by atoms with E-state index in [1.807, 2.05) is 31.7 Å². The number of hydrogen-bond donors (Lipinski definition) is 2. The largest absolute Gasteiger partial charge is 0.324 e. The van der Waals surface area contributed by atoms with Crippen molar-refractivity contribution in [3.8, 4) is 0 Å². The molecule has 1 aromatic carbocycles. The molecule has 1 amide bonds. The zero-order valence-corrected chi connectivity index (χ0v) is 14.4. The second-order valence-corrected chi connectivity index (χ2v) is 7.15. The summed E-state index contributed by atoms with van der Waals surface area (Å²) in [6.07, 6.45) is 1.64. The summed E-state index contributed by atoms with van der Waals surface area (Å²) in [4.78, 5) is 14.5. The third kappa shape index (κ3) is 5.00. The van der Waals surface area contributed by atoms with E-state index in [-0.39, 0.29) is 5.91 Å². The summed E-state index contributed by atoms with van der Waals surface area (Å²) in [7, 11) is 0. The van der Waals surface area contributed by atoms with Gasteiger partial charge in [0, 0.05) is 36.8 Å². The van der Waals surface area contributed by atoms with Gasteiger partial charge >= 0.3 is 0 Å². The van der Waals surface area contributed by atoms with Crippen molar-refractivity contribution in [3.05, 3.63) is 29.3 Å². The zero-order valence-electron chi connectivity index (χ0n) is 13.6. The molecule has 5 heteroatoms. The van der Waals surface area contributed by atoms with Crippen LogP contribution in [0.3, 0.4) is 0 Å². The van der Waals surface area contributed by atoms with Gasteiger partial charge in [-0.3, -0.25) is 9.69 Å². The molecular weight excluding hydrogens is 294 g/mol. The lowest BCUT2D eigenvalue weighted by atomic mass is 10.1. The van der Waals surface area contributed by atoms with Crippen LogP contribution in [0.5, 0.6) is 0 Å². The van der Waals surface area contributed by atoms with Gasteiger partial charge in [0.2, 0.25) is 5.91 Å². The molecule has 1 fully saturated rings. The van der Waals surface area contributed by atoms with Gasteiger partial charge in [0.1, 0.15) is 0 Å². The first-order chi connectivity index (χ1) is 10.6. The SMILES string of the molecule is CCCC(N)C(=O)Nc1ccc(CN2CCSCC2)cc1C. The topological polar surface area (TPSA) is 58.4 Å². The number of rotatable bonds is 6. The van der Waals surface area contributed by atoms with Crippen molar-refractivity contribution in [2.45, 2.75) is 39.3 Å². The molecule has 1 aromatic rings. The molecule has 3 N–H and O–H groups in total. The van der Waals surface area contributed by atoms with Crippen LogP contribution in [0.15, 0.2) is 18.2 Å². The van der Waals surface area contributed by atoms with Crippen LogP contribution in [0.4, 0.5) is 5.69 Å². The smallest absolute Gasteiger partial charge is 0.241 e. The number of aryl methyl sites for hydroxylation is 1. The monoisotopic (exact) mass is 321 g/mol. The molecule has 0 aliphatic carbocycles. The first-order valence-electron chi connectivity index (χ1n) is 8.06. The second-order valence-electron chi connectivity index (χ2n) is 5.92. The van der Waals surface area contributed by atoms with Gasteiger partial charge in [-0.15, -0.1) is 0 Å². The number of anilines is 1. The Bertz CT molecular complexity index is 501. The van der Waals surface area contributed by atoms with E-state index >= 15 is 0 Å². The third-order valence-corrected chi connectivity index (χ3v) is 4.94. The normalized spacial score (nSPS) is 17.2. The molecule has 1 saturated heterocycles. The van der Waals surface area contributed by atoms with E-state index in [2.05, 4.69) is 22.3 Å². The number of thioether (sulfide) groups is 1. The number of carbonyl (C=O) groups is 1. The summed E-state index contributed by atoms with van der Waals surface area (Å²) in [5, 5.41) is 2.94. The molecule has 4 nitrogen and oxygen atoms in total. The number of nitrogens with two attached hydrogens (primary N) is 1. The summed E-state index contributed by atoms with van der Waals surface area (Å²) < 4.78 is 0. The highest BCUT2D eigenvalue weighted by Crippen LogP contribution is 2.19. The van der Waals surface area contributed by atoms with Gasteiger partial charge in [0.25, 0.3) is 0 Å². The fourth-order valence-corrected chi connectivity index (χ4v) is 3.63. The van der Waals surface area contributed by atoms with Crippen LogP contribution in [-0.2, 0) is 11.3 Å². The minimum Gasteiger partial charge on any atom is -0.324 e. The zero-order chi connectivity index (χ0) is 15.9. The molecule has 1 aliphatic heterocycles. The van der Waals surface area contributed by atoms with E-state index < -0.39 is 6.04 Å². The Balaban J connectivity index is 1.95. The summed E-state index contributed by atoms with van der Waals surface area (Å²) in [6.45, 7) is 7.38. The average molecular weight is 321 g/mol. The van der Waals surface area contributed by atoms with Crippen LogP contribution in [0, 0.1) is 6.92 Å². The molecule has 0 radical (unpaired) electrons. The highest BCUT2D eigenvalue weighted by atomic mass is 32.2. The molecule has 2 rings (SSSR count). The second kappa shape index (κ2) is 8.56. The molecular formula is C17H27N3OS. The summed E-state index contributed by atoms with van der Waals surface area (Å²) in [5.41, 5.74) is 9.13. The van der Waals surface area contributed by atoms with Gasteiger partial charge in [-0.1, -0.05) is 25.5 Å². The van der Waals surface area contributed by atoms with Crippen molar-refractivity contribution in [2.24, 2.45) is 5.73 Å². The summed E-state index contributed by atoms with van der Waals surface area (Å²) >= 11 is 2.03. The van der Waals surface area contributed by atoms with E-state index in [9.17, 15) is 4.79 Å². The van der Waals surface area contributed by atoms with Crippen LogP contribution in [0.2, 0.25) is 0 Å². The lowest BCUT2D eigenvalue weighted by Crippen LogP contribution is -2.35. The standard InChI is InChI=1S/C17H27N3OS/c1-3-4-15(18)17(21)19-16-6-5-14(11-13(16)2)12-20-7-9-22-10-8-20/h5-6,11,15H,3-4,7-10,12,18H2,1-2H3,(H,19,21). The van der Waals surface area contributed by atoms with Gasteiger partial charge in [0.05, 0.1) is 6.04 Å². The number of nitrogens with zero attached hydrogens (tertiary/aromatic N) is 1. The van der Waals surface area contributed by atoms with Crippen molar-refractivity contribution >= 4 is 23.4 Å². The van der Waals surface area contributed by atoms with Crippen LogP contribution in [-0.4, -0.2) is 41.4 Å². The number of carbonyl (C=O) groups excluding carboxylic acids is 1. The summed E-state index contributed by atoms with van der Waals surface area (Å²) in [5.74, 6) is 2.36. The lowest BCUT2D eigenvalue weighted by Gasteiger charge is -2.26. The van der Waals surface area contributed by atoms with Crippen molar-refractivity contribution in [1.82, 2.24) is 4.90 Å². The maximum absolute atomic E-state index is 12.0. The molecule has 22 heavy (non-hydrogen) atoms. The first kappa shape index (κ1) is 17.3. The van der Waals surface area contributed by atoms with Crippen LogP contribution in [0.25, 0.3) is 0 Å². The van der Waals surface area contributed by atoms with E-state index in [1.165, 1.54) is 17.1 Å². The first-order valence-corrected chi connectivity index (χ1v) is 9.21. The molecule has 122 valence electrons. The van der Waals surface area contributed by atoms with E-state index in [1.54, 1.807) is 0 Å². The van der Waals surface area contributed by atoms with Gasteiger partial charge < -0.3 is 11.1 Å². The molecule has 1 heterocycles. The molecule has 0 spiro atoms. The quantitative estimate of drug-likeness (QED) is 0.845. The van der Waals surface area contributed by atoms with Crippen LogP contribution < -0.4 is 11.1 Å². The van der Waals surface area contributed by atoms with Crippen LogP contribution in [0.1, 0.15) is 30.9 Å². The number of amides is 1. The van der Waals surface area contributed by atoms with E-state index in [0.717, 1.165) is 43.7 Å². The molecule has 1 atom stereocenters. The minimum atomic E-state index is -0.421. The highest BCUT2D eigenvalue weighted by Gasteiger charge is 2.14. The van der Waals surface area contributed by atoms with Gasteiger partial charge in [-0.05, 0) is 30.5 Å². The predicted molar refractivity (Wildman–Crippen MR) is 95.3 cm³/mol. The Morgan fingerprint density at radius 1 is 1.41 bits per heavy atom. The fraction of sp³-hybridized carbons (Fsp3) is 0.588. The number of hydrogen-bond acceptors (Lipinski definition) is 4. The van der Waals surface area contributed by atoms with Gasteiger partial charge in [-0.2, -0.15) is 11.8 Å². The van der Waals surface area contributed by atoms with Gasteiger partial charge in [0.15, 0.2) is 0 Å². The Morgan fingerprint density at radius 2 is 2.14 bits per heavy atom. The predicted octanol–water partition coefficient (Wildman–Crippen LogP) is 2.61. The minimum absolute atomic E-state index is 0.0919. The summed E-state index contributed by atoms with van der Waals surface area (Å²) in [6, 6.07) is 5.85. The Hall–Kier alpha value is -1.04. The van der Waals surface area contributed by atoms with Gasteiger partial charge in [-0.25, -0.2) is 0 Å². The third-order valence-electron chi connectivity index (χ3n) is 4.00. The molecule has 1 unspecified atom stereocenters. The molecule has 0 aromatic heterocycles. The lowest BCUT2D eigenvalue weighted by molar-refractivity contribution is -0.117. The average Bonchev–Trinajstić information content (AvgIpc) is 2.51. The maximum Gasteiger partial charge on any atom is 0.241 e. The molecule has 0 saturated carbocycles. The Kier molecular flexibility index (Phi) is 6.73. The Labute approximate surface area is 137 Å². The molecule has 0 bridgehead atoms. The highest BCUT2D eigenvalue weighted by molar-refractivity contribution is 7.99. The maximum atomic E-state index is 12.0. The molecule has 1 aliphatic rings.